The predicted octanol–water partition coefficient (Wildman–Crippen LogP) is 3.24. The van der Waals surface area contributed by atoms with E-state index in [0.717, 1.165) is 43.3 Å². The number of carbonyl (C=O) groups excluding carboxylic acids is 1. The fourth-order valence-corrected chi connectivity index (χ4v) is 3.40. The maximum Gasteiger partial charge on any atom is 0.289 e. The number of piperazine rings is 1. The largest absolute Gasteiger partial charge is 0.493 e. The third-order valence-corrected chi connectivity index (χ3v) is 5.00. The monoisotopic (exact) mass is 556 g/mol. The van der Waals surface area contributed by atoms with E-state index in [0.29, 0.717) is 38.6 Å². The number of furan rings is 1. The van der Waals surface area contributed by atoms with Gasteiger partial charge in [0.15, 0.2) is 11.7 Å². The van der Waals surface area contributed by atoms with Crippen molar-refractivity contribution in [3.63, 3.8) is 0 Å². The first-order valence-electron chi connectivity index (χ1n) is 10.8. The number of aliphatic imine (C=N–C) groups is 1. The van der Waals surface area contributed by atoms with Gasteiger partial charge in [-0.1, -0.05) is 12.1 Å². The molecule has 32 heavy (non-hydrogen) atoms. The lowest BCUT2D eigenvalue weighted by molar-refractivity contribution is 0.0657. The van der Waals surface area contributed by atoms with Crippen molar-refractivity contribution >= 4 is 35.8 Å². The van der Waals surface area contributed by atoms with Crippen molar-refractivity contribution in [2.45, 2.75) is 19.9 Å². The summed E-state index contributed by atoms with van der Waals surface area (Å²) in [5.74, 6) is 2.03. The predicted molar refractivity (Wildman–Crippen MR) is 135 cm³/mol. The van der Waals surface area contributed by atoms with Gasteiger partial charge in [-0.05, 0) is 36.8 Å². The minimum absolute atomic E-state index is 0. The minimum Gasteiger partial charge on any atom is -0.493 e. The average molecular weight is 556 g/mol. The Morgan fingerprint density at radius 2 is 1.91 bits per heavy atom. The van der Waals surface area contributed by atoms with Crippen LogP contribution in [0.15, 0.2) is 52.1 Å². The van der Waals surface area contributed by atoms with Gasteiger partial charge in [-0.15, -0.1) is 24.0 Å². The summed E-state index contributed by atoms with van der Waals surface area (Å²) in [5, 5.41) is 3.37. The Balaban J connectivity index is 0.00000363. The molecule has 3 rings (SSSR count). The molecule has 0 unspecified atom stereocenters. The van der Waals surface area contributed by atoms with E-state index in [2.05, 4.69) is 23.2 Å². The lowest BCUT2D eigenvalue weighted by Crippen LogP contribution is -2.53. The molecule has 1 amide bonds. The quantitative estimate of drug-likeness (QED) is 0.221. The molecule has 0 radical (unpaired) electrons. The van der Waals surface area contributed by atoms with Crippen LogP contribution in [0.5, 0.6) is 5.75 Å². The van der Waals surface area contributed by atoms with E-state index in [1.165, 1.54) is 6.26 Å². The van der Waals surface area contributed by atoms with Crippen LogP contribution in [0.4, 0.5) is 0 Å². The van der Waals surface area contributed by atoms with Crippen LogP contribution in [0.25, 0.3) is 0 Å². The van der Waals surface area contributed by atoms with Gasteiger partial charge < -0.3 is 29.0 Å². The number of hydrogen-bond acceptors (Lipinski definition) is 5. The Kier molecular flexibility index (Phi) is 11.4. The third-order valence-electron chi connectivity index (χ3n) is 5.00. The molecule has 1 aromatic heterocycles. The first-order chi connectivity index (χ1) is 15.2. The van der Waals surface area contributed by atoms with E-state index in [4.69, 9.17) is 18.9 Å². The highest BCUT2D eigenvalue weighted by Gasteiger charge is 2.25. The SMILES string of the molecule is CCNC(=NCc1cccc(OCCCOC)c1)N1CCN(C(=O)c2ccco2)CC1.I. The topological polar surface area (TPSA) is 79.5 Å². The lowest BCUT2D eigenvalue weighted by Gasteiger charge is -2.36. The summed E-state index contributed by atoms with van der Waals surface area (Å²) >= 11 is 0. The Morgan fingerprint density at radius 1 is 1.12 bits per heavy atom. The van der Waals surface area contributed by atoms with Crippen LogP contribution in [0, 0.1) is 0 Å². The van der Waals surface area contributed by atoms with Crippen molar-refractivity contribution in [1.29, 1.82) is 0 Å². The fourth-order valence-electron chi connectivity index (χ4n) is 3.40. The second kappa shape index (κ2) is 14.0. The molecule has 0 saturated carbocycles. The molecule has 0 bridgehead atoms. The summed E-state index contributed by atoms with van der Waals surface area (Å²) in [6, 6.07) is 11.5. The maximum atomic E-state index is 12.5. The van der Waals surface area contributed by atoms with Crippen molar-refractivity contribution in [2.75, 3.05) is 53.0 Å². The van der Waals surface area contributed by atoms with Crippen LogP contribution in [-0.2, 0) is 11.3 Å². The number of carbonyl (C=O) groups is 1. The highest BCUT2D eigenvalue weighted by molar-refractivity contribution is 14.0. The number of methoxy groups -OCH3 is 1. The molecule has 8 nitrogen and oxygen atoms in total. The van der Waals surface area contributed by atoms with Crippen LogP contribution in [-0.4, -0.2) is 74.7 Å². The second-order valence-electron chi connectivity index (χ2n) is 7.27. The number of hydrogen-bond donors (Lipinski definition) is 1. The third kappa shape index (κ3) is 7.70. The molecule has 1 N–H and O–H groups in total. The van der Waals surface area contributed by atoms with Gasteiger partial charge in [0, 0.05) is 52.9 Å². The van der Waals surface area contributed by atoms with Crippen molar-refractivity contribution in [3.05, 3.63) is 54.0 Å². The number of nitrogens with one attached hydrogen (secondary N) is 1. The molecule has 2 heterocycles. The van der Waals surface area contributed by atoms with Gasteiger partial charge in [-0.2, -0.15) is 0 Å². The summed E-state index contributed by atoms with van der Waals surface area (Å²) in [5.41, 5.74) is 1.09. The molecular weight excluding hydrogens is 523 g/mol. The summed E-state index contributed by atoms with van der Waals surface area (Å²) in [4.78, 5) is 21.3. The molecule has 9 heteroatoms. The van der Waals surface area contributed by atoms with Gasteiger partial charge in [0.25, 0.3) is 5.91 Å². The number of halogens is 1. The highest BCUT2D eigenvalue weighted by Crippen LogP contribution is 2.15. The van der Waals surface area contributed by atoms with Crippen LogP contribution in [0.1, 0.15) is 29.5 Å². The van der Waals surface area contributed by atoms with Crippen LogP contribution >= 0.6 is 24.0 Å². The van der Waals surface area contributed by atoms with E-state index in [1.54, 1.807) is 19.2 Å². The number of amides is 1. The molecule has 176 valence electrons. The first kappa shape index (κ1) is 26.0. The van der Waals surface area contributed by atoms with E-state index in [1.807, 2.05) is 23.1 Å². The molecule has 1 saturated heterocycles. The Morgan fingerprint density at radius 3 is 2.59 bits per heavy atom. The molecule has 1 fully saturated rings. The van der Waals surface area contributed by atoms with E-state index >= 15 is 0 Å². The number of nitrogens with zero attached hydrogens (tertiary/aromatic N) is 3. The summed E-state index contributed by atoms with van der Waals surface area (Å²) < 4.78 is 16.1. The lowest BCUT2D eigenvalue weighted by atomic mass is 10.2. The molecular formula is C23H33IN4O4. The first-order valence-corrected chi connectivity index (χ1v) is 10.8. The van der Waals surface area contributed by atoms with Crippen LogP contribution in [0.3, 0.4) is 0 Å². The smallest absolute Gasteiger partial charge is 0.289 e. The van der Waals surface area contributed by atoms with Crippen LogP contribution in [0.2, 0.25) is 0 Å². The number of rotatable bonds is 9. The average Bonchev–Trinajstić information content (AvgIpc) is 3.34. The molecule has 1 aliphatic heterocycles. The Hall–Kier alpha value is -2.27. The normalized spacial score (nSPS) is 14.1. The zero-order chi connectivity index (χ0) is 21.9. The van der Waals surface area contributed by atoms with Gasteiger partial charge in [0.05, 0.1) is 19.4 Å². The van der Waals surface area contributed by atoms with Gasteiger partial charge in [0.2, 0.25) is 0 Å². The molecule has 0 aliphatic carbocycles. The maximum absolute atomic E-state index is 12.5. The zero-order valence-corrected chi connectivity index (χ0v) is 21.1. The van der Waals surface area contributed by atoms with E-state index in [9.17, 15) is 4.79 Å². The zero-order valence-electron chi connectivity index (χ0n) is 18.8. The molecule has 0 spiro atoms. The van der Waals surface area contributed by atoms with E-state index in [-0.39, 0.29) is 29.9 Å². The number of benzene rings is 1. The van der Waals surface area contributed by atoms with Gasteiger partial charge in [-0.3, -0.25) is 4.79 Å². The van der Waals surface area contributed by atoms with Gasteiger partial charge >= 0.3 is 0 Å². The fraction of sp³-hybridized carbons (Fsp3) is 0.478. The molecule has 0 atom stereocenters. The van der Waals surface area contributed by atoms with Crippen molar-refractivity contribution in [1.82, 2.24) is 15.1 Å². The van der Waals surface area contributed by atoms with E-state index < -0.39 is 0 Å². The summed E-state index contributed by atoms with van der Waals surface area (Å²) in [6.07, 6.45) is 2.39. The summed E-state index contributed by atoms with van der Waals surface area (Å²) in [6.45, 7) is 7.43. The Bertz CT molecular complexity index is 836. The number of ether oxygens (including phenoxy) is 2. The second-order valence-corrected chi connectivity index (χ2v) is 7.27. The van der Waals surface area contributed by atoms with Gasteiger partial charge in [-0.25, -0.2) is 4.99 Å². The standard InChI is InChI=1S/C23H32N4O4.HI/c1-3-24-23(25-18-19-7-4-8-20(17-19)30-16-6-14-29-2)27-12-10-26(11-13-27)22(28)21-9-5-15-31-21;/h4-5,7-9,15,17H,3,6,10-14,16,18H2,1-2H3,(H,24,25);1H. The molecule has 1 aromatic carbocycles. The minimum atomic E-state index is -0.0612. The van der Waals surface area contributed by atoms with Crippen molar-refractivity contribution in [3.8, 4) is 5.75 Å². The number of guanidine groups is 1. The van der Waals surface area contributed by atoms with Crippen molar-refractivity contribution < 1.29 is 18.7 Å². The molecule has 1 aliphatic rings. The van der Waals surface area contributed by atoms with Gasteiger partial charge in [0.1, 0.15) is 5.75 Å². The Labute approximate surface area is 207 Å². The summed E-state index contributed by atoms with van der Waals surface area (Å²) in [7, 11) is 1.69. The highest BCUT2D eigenvalue weighted by atomic mass is 127. The van der Waals surface area contributed by atoms with Crippen molar-refractivity contribution in [2.24, 2.45) is 4.99 Å². The molecule has 2 aromatic rings. The van der Waals surface area contributed by atoms with Crippen LogP contribution < -0.4 is 10.1 Å².